The lowest BCUT2D eigenvalue weighted by atomic mass is 10.0. The highest BCUT2D eigenvalue weighted by Gasteiger charge is 2.48. The lowest BCUT2D eigenvalue weighted by Gasteiger charge is -2.35. The third-order valence-electron chi connectivity index (χ3n) is 4.21. The predicted octanol–water partition coefficient (Wildman–Crippen LogP) is -0.376. The first-order valence-electron chi connectivity index (χ1n) is 7.78. The maximum Gasteiger partial charge on any atom is 0.412 e. The number of hydrogen-bond donors (Lipinski definition) is 3. The average Bonchev–Trinajstić information content (AvgIpc) is 2.96. The number of nitrogens with zero attached hydrogens (tertiary/aromatic N) is 1. The van der Waals surface area contributed by atoms with E-state index in [0.717, 1.165) is 0 Å². The Labute approximate surface area is 138 Å². The van der Waals surface area contributed by atoms with Crippen LogP contribution in [-0.2, 0) is 9.59 Å². The highest BCUT2D eigenvalue weighted by molar-refractivity contribution is 5.98. The predicted molar refractivity (Wildman–Crippen MR) is 83.1 cm³/mol. The Morgan fingerprint density at radius 1 is 1.38 bits per heavy atom. The number of amides is 3. The summed E-state index contributed by atoms with van der Waals surface area (Å²) in [6, 6.07) is 6.66. The van der Waals surface area contributed by atoms with Gasteiger partial charge in [-0.05, 0) is 25.5 Å². The Kier molecular flexibility index (Phi) is 4.39. The lowest BCUT2D eigenvalue weighted by Crippen LogP contribution is -2.64. The van der Waals surface area contributed by atoms with Gasteiger partial charge in [0.2, 0.25) is 11.8 Å². The van der Waals surface area contributed by atoms with Gasteiger partial charge in [0.1, 0.15) is 17.8 Å². The lowest BCUT2D eigenvalue weighted by molar-refractivity contribution is -0.149. The van der Waals surface area contributed by atoms with Gasteiger partial charge in [-0.25, -0.2) is 4.79 Å². The number of rotatable bonds is 3. The van der Waals surface area contributed by atoms with Crippen LogP contribution in [0.3, 0.4) is 0 Å². The molecule has 2 aliphatic heterocycles. The number of benzene rings is 1. The van der Waals surface area contributed by atoms with Crippen LogP contribution in [0, 0.1) is 0 Å². The van der Waals surface area contributed by atoms with Gasteiger partial charge in [-0.15, -0.1) is 0 Å². The van der Waals surface area contributed by atoms with E-state index in [1.807, 2.05) is 6.07 Å². The van der Waals surface area contributed by atoms with Crippen molar-refractivity contribution in [1.82, 2.24) is 15.5 Å². The van der Waals surface area contributed by atoms with Gasteiger partial charge in [0.05, 0.1) is 12.1 Å². The highest BCUT2D eigenvalue weighted by atomic mass is 16.6. The molecule has 0 aromatic heterocycles. The number of aliphatic hydroxyl groups is 1. The normalized spacial score (nSPS) is 27.2. The number of nitrogens with one attached hydrogen (secondary N) is 2. The Hall–Kier alpha value is -2.61. The quantitative estimate of drug-likeness (QED) is 0.699. The zero-order chi connectivity index (χ0) is 17.3. The van der Waals surface area contributed by atoms with Crippen LogP contribution in [0.1, 0.15) is 13.3 Å². The largest absolute Gasteiger partial charge is 0.412 e. The summed E-state index contributed by atoms with van der Waals surface area (Å²) in [5, 5.41) is 14.8. The Bertz CT molecular complexity index is 648. The summed E-state index contributed by atoms with van der Waals surface area (Å²) < 4.78 is 5.15. The summed E-state index contributed by atoms with van der Waals surface area (Å²) in [5.41, 5.74) is 0. The van der Waals surface area contributed by atoms with E-state index in [1.54, 1.807) is 24.3 Å². The molecule has 0 spiro atoms. The van der Waals surface area contributed by atoms with Crippen molar-refractivity contribution in [3.8, 4) is 5.75 Å². The van der Waals surface area contributed by atoms with Gasteiger partial charge < -0.3 is 25.4 Å². The average molecular weight is 333 g/mol. The van der Waals surface area contributed by atoms with Crippen LogP contribution in [0.2, 0.25) is 0 Å². The molecule has 2 aliphatic rings. The van der Waals surface area contributed by atoms with Crippen molar-refractivity contribution in [1.29, 1.82) is 0 Å². The maximum atomic E-state index is 12.3. The van der Waals surface area contributed by atoms with Crippen LogP contribution in [0.5, 0.6) is 5.75 Å². The summed E-state index contributed by atoms with van der Waals surface area (Å²) in [5.74, 6) is -0.245. The molecule has 24 heavy (non-hydrogen) atoms. The minimum absolute atomic E-state index is 0.212. The van der Waals surface area contributed by atoms with Crippen LogP contribution >= 0.6 is 0 Å². The smallest absolute Gasteiger partial charge is 0.410 e. The molecule has 0 saturated carbocycles. The molecule has 1 aromatic carbocycles. The number of para-hydroxylation sites is 1. The summed E-state index contributed by atoms with van der Waals surface area (Å²) in [4.78, 5) is 37.8. The molecule has 0 radical (unpaired) electrons. The van der Waals surface area contributed by atoms with Crippen molar-refractivity contribution in [2.75, 3.05) is 6.54 Å². The SMILES string of the molecule is C[C@@H](O)[C@@H]1NC(=O)[C@@H]2C[C@H](NC(=O)Oc3ccccc3)CN2C1=O. The summed E-state index contributed by atoms with van der Waals surface area (Å²) >= 11 is 0. The van der Waals surface area contributed by atoms with Crippen molar-refractivity contribution in [2.45, 2.75) is 37.6 Å². The second-order valence-corrected chi connectivity index (χ2v) is 6.01. The van der Waals surface area contributed by atoms with Crippen LogP contribution in [0.4, 0.5) is 4.79 Å². The van der Waals surface area contributed by atoms with E-state index in [-0.39, 0.29) is 24.4 Å². The summed E-state index contributed by atoms with van der Waals surface area (Å²) in [6.45, 7) is 1.66. The van der Waals surface area contributed by atoms with E-state index in [1.165, 1.54) is 11.8 Å². The first-order chi connectivity index (χ1) is 11.5. The summed E-state index contributed by atoms with van der Waals surface area (Å²) in [6.07, 6.45) is -1.29. The molecule has 2 heterocycles. The minimum atomic E-state index is -0.975. The second-order valence-electron chi connectivity index (χ2n) is 6.01. The molecule has 0 aliphatic carbocycles. The molecule has 0 bridgehead atoms. The zero-order valence-corrected chi connectivity index (χ0v) is 13.1. The molecule has 2 saturated heterocycles. The van der Waals surface area contributed by atoms with Gasteiger partial charge >= 0.3 is 6.09 Å². The fraction of sp³-hybridized carbons (Fsp3) is 0.438. The Morgan fingerprint density at radius 2 is 2.08 bits per heavy atom. The van der Waals surface area contributed by atoms with Crippen molar-refractivity contribution in [3.05, 3.63) is 30.3 Å². The first kappa shape index (κ1) is 16.3. The van der Waals surface area contributed by atoms with Crippen molar-refractivity contribution in [2.24, 2.45) is 0 Å². The van der Waals surface area contributed by atoms with Gasteiger partial charge in [-0.2, -0.15) is 0 Å². The molecule has 3 amide bonds. The number of piperazine rings is 1. The zero-order valence-electron chi connectivity index (χ0n) is 13.1. The standard InChI is InChI=1S/C16H19N3O5/c1-9(20)13-15(22)19-8-10(7-12(19)14(21)18-13)17-16(23)24-11-5-3-2-4-6-11/h2-6,9-10,12-13,20H,7-8H2,1H3,(H,17,23)(H,18,21)/t9-,10+,12+,13+/m1/s1. The van der Waals surface area contributed by atoms with Gasteiger partial charge in [-0.1, -0.05) is 18.2 Å². The Balaban J connectivity index is 1.61. The number of aliphatic hydroxyl groups excluding tert-OH is 1. The van der Waals surface area contributed by atoms with E-state index in [9.17, 15) is 19.5 Å². The molecule has 3 rings (SSSR count). The number of hydrogen-bond acceptors (Lipinski definition) is 5. The molecule has 0 unspecified atom stereocenters. The number of carbonyl (C=O) groups excluding carboxylic acids is 3. The molecular formula is C16H19N3O5. The molecule has 1 aromatic rings. The molecule has 2 fully saturated rings. The van der Waals surface area contributed by atoms with Gasteiger partial charge in [-0.3, -0.25) is 9.59 Å². The van der Waals surface area contributed by atoms with E-state index in [2.05, 4.69) is 10.6 Å². The van der Waals surface area contributed by atoms with E-state index >= 15 is 0 Å². The summed E-state index contributed by atoms with van der Waals surface area (Å²) in [7, 11) is 0. The van der Waals surface area contributed by atoms with E-state index < -0.39 is 24.3 Å². The van der Waals surface area contributed by atoms with Crippen LogP contribution in [-0.4, -0.2) is 58.7 Å². The van der Waals surface area contributed by atoms with E-state index in [0.29, 0.717) is 12.2 Å². The topological polar surface area (TPSA) is 108 Å². The highest BCUT2D eigenvalue weighted by Crippen LogP contribution is 2.23. The molecule has 3 N–H and O–H groups in total. The molecule has 128 valence electrons. The third-order valence-corrected chi connectivity index (χ3v) is 4.21. The second kappa shape index (κ2) is 6.48. The van der Waals surface area contributed by atoms with Gasteiger partial charge in [0.25, 0.3) is 0 Å². The number of fused-ring (bicyclic) bond motifs is 1. The minimum Gasteiger partial charge on any atom is -0.410 e. The third kappa shape index (κ3) is 3.18. The van der Waals surface area contributed by atoms with Gasteiger partial charge in [0.15, 0.2) is 0 Å². The molecule has 8 heteroatoms. The maximum absolute atomic E-state index is 12.3. The molecule has 4 atom stereocenters. The fourth-order valence-corrected chi connectivity index (χ4v) is 3.04. The number of ether oxygens (including phenoxy) is 1. The Morgan fingerprint density at radius 3 is 2.75 bits per heavy atom. The first-order valence-corrected chi connectivity index (χ1v) is 7.78. The number of carbonyl (C=O) groups is 3. The molecule has 8 nitrogen and oxygen atoms in total. The van der Waals surface area contributed by atoms with E-state index in [4.69, 9.17) is 4.74 Å². The fourth-order valence-electron chi connectivity index (χ4n) is 3.04. The van der Waals surface area contributed by atoms with Crippen molar-refractivity contribution >= 4 is 17.9 Å². The van der Waals surface area contributed by atoms with Crippen molar-refractivity contribution < 1.29 is 24.2 Å². The van der Waals surface area contributed by atoms with Crippen LogP contribution in [0.25, 0.3) is 0 Å². The van der Waals surface area contributed by atoms with Crippen molar-refractivity contribution in [3.63, 3.8) is 0 Å². The van der Waals surface area contributed by atoms with Crippen LogP contribution in [0.15, 0.2) is 30.3 Å². The van der Waals surface area contributed by atoms with Crippen LogP contribution < -0.4 is 15.4 Å². The van der Waals surface area contributed by atoms with Gasteiger partial charge in [0, 0.05) is 6.54 Å². The monoisotopic (exact) mass is 333 g/mol. The molecular weight excluding hydrogens is 314 g/mol.